The van der Waals surface area contributed by atoms with Crippen molar-refractivity contribution in [2.75, 3.05) is 26.2 Å². The topological polar surface area (TPSA) is 54.8 Å². The molecule has 1 aromatic heterocycles. The molecular weight excluding hydrogens is 447 g/mol. The summed E-state index contributed by atoms with van der Waals surface area (Å²) in [7, 11) is 0. The fourth-order valence-corrected chi connectivity index (χ4v) is 5.88. The molecule has 2 aromatic rings. The predicted octanol–water partition coefficient (Wildman–Crippen LogP) is 3.84. The molecule has 0 radical (unpaired) electrons. The first-order chi connectivity index (χ1) is 16.2. The number of carbonyl (C=O) groups excluding carboxylic acids is 1. The van der Waals surface area contributed by atoms with Crippen LogP contribution < -0.4 is 10.3 Å². The highest BCUT2D eigenvalue weighted by Crippen LogP contribution is 2.38. The van der Waals surface area contributed by atoms with Gasteiger partial charge in [-0.05, 0) is 55.0 Å². The van der Waals surface area contributed by atoms with Gasteiger partial charge in [0.15, 0.2) is 0 Å². The molecule has 5 rings (SSSR count). The maximum absolute atomic E-state index is 13.3. The van der Waals surface area contributed by atoms with E-state index in [9.17, 15) is 22.8 Å². The van der Waals surface area contributed by atoms with Crippen molar-refractivity contribution in [1.82, 2.24) is 14.4 Å². The van der Waals surface area contributed by atoms with Gasteiger partial charge in [-0.25, -0.2) is 0 Å². The number of piperidine rings is 2. The van der Waals surface area contributed by atoms with Crippen molar-refractivity contribution in [2.24, 2.45) is 5.92 Å². The van der Waals surface area contributed by atoms with Crippen LogP contribution >= 0.6 is 0 Å². The third kappa shape index (κ3) is 4.58. The van der Waals surface area contributed by atoms with Crippen molar-refractivity contribution in [1.29, 1.82) is 0 Å². The third-order valence-corrected chi connectivity index (χ3v) is 7.46. The molecule has 1 amide bonds. The lowest BCUT2D eigenvalue weighted by Crippen LogP contribution is -2.53. The van der Waals surface area contributed by atoms with E-state index in [2.05, 4.69) is 9.64 Å². The number of likely N-dealkylation sites (tertiary alicyclic amines) is 2. The van der Waals surface area contributed by atoms with E-state index < -0.39 is 6.36 Å². The summed E-state index contributed by atoms with van der Waals surface area (Å²) in [5.41, 5.74) is 1.99. The van der Waals surface area contributed by atoms with E-state index in [1.807, 2.05) is 15.5 Å². The van der Waals surface area contributed by atoms with E-state index in [1.54, 1.807) is 13.0 Å². The minimum absolute atomic E-state index is 0.0973. The Hall–Kier alpha value is -2.81. The van der Waals surface area contributed by atoms with E-state index >= 15 is 0 Å². The maximum atomic E-state index is 13.3. The van der Waals surface area contributed by atoms with Crippen LogP contribution in [-0.4, -0.2) is 58.9 Å². The maximum Gasteiger partial charge on any atom is 0.573 e. The fraction of sp³-hybridized carbons (Fsp3) is 0.520. The van der Waals surface area contributed by atoms with Crippen molar-refractivity contribution >= 4 is 5.91 Å². The standard InChI is InChI=1S/C25H28F3N3O3/c1-16(32)29-10-8-20(9-11-29)30-13-17-12-19(15-30)23-7-6-22(24(33)31(23)14-17)18-2-4-21(5-3-18)34-25(26,27)28/h2-7,17,19-20H,8-15H2,1H3. The number of rotatable bonds is 3. The number of benzene rings is 1. The molecule has 3 aliphatic heterocycles. The van der Waals surface area contributed by atoms with Crippen molar-refractivity contribution in [3.05, 3.63) is 52.4 Å². The molecule has 9 heteroatoms. The molecule has 34 heavy (non-hydrogen) atoms. The SMILES string of the molecule is CC(=O)N1CCC(N2CC3CC(C2)c2ccc(-c4ccc(OC(F)(F)F)cc4)c(=O)n2C3)CC1. The Labute approximate surface area is 195 Å². The number of carbonyl (C=O) groups is 1. The van der Waals surface area contributed by atoms with Gasteiger partial charge in [0.05, 0.1) is 0 Å². The second-order valence-electron chi connectivity index (χ2n) is 9.65. The zero-order chi connectivity index (χ0) is 24.0. The normalized spacial score (nSPS) is 23.5. The van der Waals surface area contributed by atoms with Crippen LogP contribution in [0.15, 0.2) is 41.2 Å². The lowest BCUT2D eigenvalue weighted by molar-refractivity contribution is -0.274. The van der Waals surface area contributed by atoms with Crippen LogP contribution in [0, 0.1) is 5.92 Å². The van der Waals surface area contributed by atoms with E-state index in [4.69, 9.17) is 0 Å². The molecule has 4 heterocycles. The van der Waals surface area contributed by atoms with Gasteiger partial charge >= 0.3 is 6.36 Å². The van der Waals surface area contributed by atoms with E-state index in [-0.39, 0.29) is 23.1 Å². The zero-order valence-corrected chi connectivity index (χ0v) is 19.1. The smallest absolute Gasteiger partial charge is 0.406 e. The second kappa shape index (κ2) is 8.76. The molecule has 2 fully saturated rings. The van der Waals surface area contributed by atoms with Gasteiger partial charge in [0.2, 0.25) is 5.91 Å². The number of hydrogen-bond donors (Lipinski definition) is 0. The van der Waals surface area contributed by atoms with Gasteiger partial charge in [-0.2, -0.15) is 0 Å². The number of halogens is 3. The zero-order valence-electron chi connectivity index (χ0n) is 19.1. The number of nitrogens with zero attached hydrogens (tertiary/aromatic N) is 3. The summed E-state index contributed by atoms with van der Waals surface area (Å²) in [6.45, 7) is 5.73. The lowest BCUT2D eigenvalue weighted by Gasteiger charge is -2.47. The summed E-state index contributed by atoms with van der Waals surface area (Å²) < 4.78 is 43.1. The van der Waals surface area contributed by atoms with E-state index in [1.165, 1.54) is 24.3 Å². The summed E-state index contributed by atoms with van der Waals surface area (Å²) in [4.78, 5) is 29.5. The largest absolute Gasteiger partial charge is 0.573 e. The van der Waals surface area contributed by atoms with Gasteiger partial charge in [-0.15, -0.1) is 13.2 Å². The highest BCUT2D eigenvalue weighted by molar-refractivity contribution is 5.73. The second-order valence-corrected chi connectivity index (χ2v) is 9.65. The molecule has 2 unspecified atom stereocenters. The Morgan fingerprint density at radius 2 is 1.71 bits per heavy atom. The van der Waals surface area contributed by atoms with Gasteiger partial charge in [0.25, 0.3) is 5.56 Å². The molecule has 0 spiro atoms. The first-order valence-corrected chi connectivity index (χ1v) is 11.8. The fourth-order valence-electron chi connectivity index (χ4n) is 5.88. The van der Waals surface area contributed by atoms with Crippen LogP contribution in [0.3, 0.4) is 0 Å². The Morgan fingerprint density at radius 3 is 2.35 bits per heavy atom. The molecule has 6 nitrogen and oxygen atoms in total. The summed E-state index contributed by atoms with van der Waals surface area (Å²) >= 11 is 0. The van der Waals surface area contributed by atoms with Crippen LogP contribution in [0.4, 0.5) is 13.2 Å². The Kier molecular flexibility index (Phi) is 5.91. The number of pyridine rings is 1. The van der Waals surface area contributed by atoms with Gasteiger partial charge in [-0.1, -0.05) is 12.1 Å². The first-order valence-electron chi connectivity index (χ1n) is 11.8. The molecule has 182 valence electrons. The quantitative estimate of drug-likeness (QED) is 0.677. The summed E-state index contributed by atoms with van der Waals surface area (Å²) in [6.07, 6.45) is -1.72. The summed E-state index contributed by atoms with van der Waals surface area (Å²) in [5, 5.41) is 0. The molecule has 3 aliphatic rings. The predicted molar refractivity (Wildman–Crippen MR) is 121 cm³/mol. The minimum Gasteiger partial charge on any atom is -0.406 e. The molecular formula is C25H28F3N3O3. The van der Waals surface area contributed by atoms with Crippen molar-refractivity contribution in [2.45, 2.75) is 51.1 Å². The van der Waals surface area contributed by atoms with Crippen molar-refractivity contribution in [3.8, 4) is 16.9 Å². The molecule has 2 saturated heterocycles. The monoisotopic (exact) mass is 475 g/mol. The molecule has 0 saturated carbocycles. The molecule has 1 aromatic carbocycles. The number of hydrogen-bond acceptors (Lipinski definition) is 4. The van der Waals surface area contributed by atoms with E-state index in [0.717, 1.165) is 51.1 Å². The summed E-state index contributed by atoms with van der Waals surface area (Å²) in [5.74, 6) is 0.494. The van der Waals surface area contributed by atoms with Crippen molar-refractivity contribution < 1.29 is 22.7 Å². The lowest BCUT2D eigenvalue weighted by atomic mass is 9.81. The van der Waals surface area contributed by atoms with Gasteiger partial charge in [0.1, 0.15) is 5.75 Å². The highest BCUT2D eigenvalue weighted by atomic mass is 19.4. The number of aromatic nitrogens is 1. The van der Waals surface area contributed by atoms with Crippen LogP contribution in [-0.2, 0) is 11.3 Å². The first kappa shape index (κ1) is 23.0. The molecule has 0 aliphatic carbocycles. The van der Waals surface area contributed by atoms with Crippen LogP contribution in [0.1, 0.15) is 37.8 Å². The Bertz CT molecular complexity index is 1120. The number of ether oxygens (including phenoxy) is 1. The highest BCUT2D eigenvalue weighted by Gasteiger charge is 2.38. The Morgan fingerprint density at radius 1 is 1.00 bits per heavy atom. The van der Waals surface area contributed by atoms with E-state index in [0.29, 0.717) is 29.6 Å². The Balaban J connectivity index is 1.33. The minimum atomic E-state index is -4.75. The molecule has 2 atom stereocenters. The van der Waals surface area contributed by atoms with Gasteiger partial charge in [-0.3, -0.25) is 14.5 Å². The molecule has 0 N–H and O–H groups in total. The number of fused-ring (bicyclic) bond motifs is 4. The van der Waals surface area contributed by atoms with Crippen LogP contribution in [0.5, 0.6) is 5.75 Å². The summed E-state index contributed by atoms with van der Waals surface area (Å²) in [6, 6.07) is 9.70. The molecule has 2 bridgehead atoms. The van der Waals surface area contributed by atoms with Gasteiger partial charge in [0, 0.05) is 62.9 Å². The average Bonchev–Trinajstić information content (AvgIpc) is 2.79. The van der Waals surface area contributed by atoms with Crippen LogP contribution in [0.2, 0.25) is 0 Å². The van der Waals surface area contributed by atoms with Gasteiger partial charge < -0.3 is 14.2 Å². The number of amides is 1. The average molecular weight is 476 g/mol. The number of alkyl halides is 3. The van der Waals surface area contributed by atoms with Crippen molar-refractivity contribution in [3.63, 3.8) is 0 Å². The third-order valence-electron chi connectivity index (χ3n) is 7.46. The van der Waals surface area contributed by atoms with Crippen LogP contribution in [0.25, 0.3) is 11.1 Å².